The molecule has 0 atom stereocenters. The predicted octanol–water partition coefficient (Wildman–Crippen LogP) is 4.90. The molecule has 0 saturated carbocycles. The van der Waals surface area contributed by atoms with Crippen LogP contribution >= 0.6 is 34.8 Å². The van der Waals surface area contributed by atoms with E-state index in [1.54, 1.807) is 24.3 Å². The average molecular weight is 314 g/mol. The Morgan fingerprint density at radius 1 is 1.00 bits per heavy atom. The Labute approximate surface area is 123 Å². The highest BCUT2D eigenvalue weighted by molar-refractivity contribution is 6.42. The second kappa shape index (κ2) is 4.60. The molecule has 0 aliphatic rings. The van der Waals surface area contributed by atoms with E-state index in [0.717, 1.165) is 5.52 Å². The second-order valence-electron chi connectivity index (χ2n) is 4.03. The predicted molar refractivity (Wildman–Crippen MR) is 78.2 cm³/mol. The first kappa shape index (κ1) is 12.6. The Morgan fingerprint density at radius 3 is 2.47 bits per heavy atom. The van der Waals surface area contributed by atoms with Gasteiger partial charge in [-0.15, -0.1) is 0 Å². The number of aromatic nitrogens is 2. The fourth-order valence-electron chi connectivity index (χ4n) is 1.84. The lowest BCUT2D eigenvalue weighted by molar-refractivity contribution is 0.477. The summed E-state index contributed by atoms with van der Waals surface area (Å²) in [5.41, 5.74) is 1.99. The first-order valence-electron chi connectivity index (χ1n) is 5.38. The Kier molecular flexibility index (Phi) is 3.05. The fraction of sp³-hybridized carbons (Fsp3) is 0. The van der Waals surface area contributed by atoms with Gasteiger partial charge in [0.2, 0.25) is 0 Å². The summed E-state index contributed by atoms with van der Waals surface area (Å²) < 4.78 is 0. The van der Waals surface area contributed by atoms with Crippen molar-refractivity contribution in [3.8, 4) is 17.1 Å². The van der Waals surface area contributed by atoms with Crippen LogP contribution in [-0.4, -0.2) is 15.1 Å². The standard InChI is InChI=1S/C13H7Cl3N2O/c14-6-1-2-7(12(19)3-6)13-17-10-4-8(15)9(16)5-11(10)18-13/h1-5,19H,(H,17,18). The highest BCUT2D eigenvalue weighted by Gasteiger charge is 2.11. The summed E-state index contributed by atoms with van der Waals surface area (Å²) in [7, 11) is 0. The summed E-state index contributed by atoms with van der Waals surface area (Å²) in [6.45, 7) is 0. The first-order chi connectivity index (χ1) is 9.04. The molecule has 96 valence electrons. The number of hydrogen-bond acceptors (Lipinski definition) is 2. The number of H-pyrrole nitrogens is 1. The minimum absolute atomic E-state index is 0.0590. The summed E-state index contributed by atoms with van der Waals surface area (Å²) in [5.74, 6) is 0.589. The van der Waals surface area contributed by atoms with Crippen LogP contribution in [0.2, 0.25) is 15.1 Å². The molecule has 0 saturated heterocycles. The highest BCUT2D eigenvalue weighted by Crippen LogP contribution is 2.33. The third-order valence-corrected chi connectivity index (χ3v) is 3.70. The van der Waals surface area contributed by atoms with Gasteiger partial charge in [0.25, 0.3) is 0 Å². The van der Waals surface area contributed by atoms with E-state index in [-0.39, 0.29) is 5.75 Å². The van der Waals surface area contributed by atoms with Crippen molar-refractivity contribution in [2.75, 3.05) is 0 Å². The molecule has 3 rings (SSSR count). The van der Waals surface area contributed by atoms with E-state index in [2.05, 4.69) is 9.97 Å². The maximum Gasteiger partial charge on any atom is 0.142 e. The molecule has 3 nitrogen and oxygen atoms in total. The number of phenolic OH excluding ortho intramolecular Hbond substituents is 1. The number of halogens is 3. The zero-order valence-electron chi connectivity index (χ0n) is 9.42. The van der Waals surface area contributed by atoms with Gasteiger partial charge in [-0.05, 0) is 30.3 Å². The third kappa shape index (κ3) is 2.25. The second-order valence-corrected chi connectivity index (χ2v) is 5.28. The molecule has 19 heavy (non-hydrogen) atoms. The summed E-state index contributed by atoms with van der Waals surface area (Å²) >= 11 is 17.7. The average Bonchev–Trinajstić information content (AvgIpc) is 2.72. The van der Waals surface area contributed by atoms with Crippen molar-refractivity contribution in [1.29, 1.82) is 0 Å². The summed E-state index contributed by atoms with van der Waals surface area (Å²) in [5, 5.41) is 11.2. The maximum atomic E-state index is 9.88. The van der Waals surface area contributed by atoms with Crippen LogP contribution in [0.3, 0.4) is 0 Å². The molecule has 2 N–H and O–H groups in total. The number of rotatable bonds is 1. The van der Waals surface area contributed by atoms with E-state index >= 15 is 0 Å². The Balaban J connectivity index is 2.20. The maximum absolute atomic E-state index is 9.88. The van der Waals surface area contributed by atoms with Crippen molar-refractivity contribution in [2.45, 2.75) is 0 Å². The molecular weight excluding hydrogens is 307 g/mol. The molecule has 0 radical (unpaired) electrons. The number of nitrogens with one attached hydrogen (secondary N) is 1. The van der Waals surface area contributed by atoms with Gasteiger partial charge in [-0.1, -0.05) is 34.8 Å². The number of phenols is 1. The smallest absolute Gasteiger partial charge is 0.142 e. The summed E-state index contributed by atoms with van der Waals surface area (Å²) in [4.78, 5) is 7.46. The lowest BCUT2D eigenvalue weighted by atomic mass is 10.2. The van der Waals surface area contributed by atoms with Gasteiger partial charge in [0.1, 0.15) is 11.6 Å². The van der Waals surface area contributed by atoms with Gasteiger partial charge in [0, 0.05) is 5.02 Å². The molecular formula is C13H7Cl3N2O. The van der Waals surface area contributed by atoms with Crippen molar-refractivity contribution in [2.24, 2.45) is 0 Å². The largest absolute Gasteiger partial charge is 0.507 e. The van der Waals surface area contributed by atoms with E-state index in [1.165, 1.54) is 6.07 Å². The molecule has 1 aromatic heterocycles. The van der Waals surface area contributed by atoms with E-state index in [4.69, 9.17) is 34.8 Å². The van der Waals surface area contributed by atoms with E-state index in [9.17, 15) is 5.11 Å². The molecule has 0 aliphatic heterocycles. The molecule has 0 fully saturated rings. The van der Waals surface area contributed by atoms with Gasteiger partial charge in [-0.3, -0.25) is 0 Å². The number of nitrogens with zero attached hydrogens (tertiary/aromatic N) is 1. The number of hydrogen-bond donors (Lipinski definition) is 2. The van der Waals surface area contributed by atoms with Gasteiger partial charge in [0.15, 0.2) is 0 Å². The van der Waals surface area contributed by atoms with E-state index < -0.39 is 0 Å². The normalized spacial score (nSPS) is 11.1. The van der Waals surface area contributed by atoms with Crippen molar-refractivity contribution in [3.05, 3.63) is 45.4 Å². The van der Waals surface area contributed by atoms with Crippen LogP contribution in [0.5, 0.6) is 5.75 Å². The minimum Gasteiger partial charge on any atom is -0.507 e. The zero-order chi connectivity index (χ0) is 13.6. The Bertz CT molecular complexity index is 744. The molecule has 0 aliphatic carbocycles. The van der Waals surface area contributed by atoms with Crippen LogP contribution in [0, 0.1) is 0 Å². The minimum atomic E-state index is 0.0590. The topological polar surface area (TPSA) is 48.9 Å². The van der Waals surface area contributed by atoms with Crippen molar-refractivity contribution >= 4 is 45.8 Å². The highest BCUT2D eigenvalue weighted by atomic mass is 35.5. The van der Waals surface area contributed by atoms with Crippen molar-refractivity contribution in [3.63, 3.8) is 0 Å². The lowest BCUT2D eigenvalue weighted by Crippen LogP contribution is -1.81. The van der Waals surface area contributed by atoms with Crippen LogP contribution in [0.1, 0.15) is 0 Å². The monoisotopic (exact) mass is 312 g/mol. The molecule has 2 aromatic carbocycles. The van der Waals surface area contributed by atoms with Gasteiger partial charge >= 0.3 is 0 Å². The molecule has 1 heterocycles. The quantitative estimate of drug-likeness (QED) is 0.671. The number of fused-ring (bicyclic) bond motifs is 1. The number of imidazole rings is 1. The Hall–Kier alpha value is -1.42. The van der Waals surface area contributed by atoms with Crippen LogP contribution in [0.15, 0.2) is 30.3 Å². The summed E-state index contributed by atoms with van der Waals surface area (Å²) in [6, 6.07) is 8.21. The van der Waals surface area contributed by atoms with Crippen molar-refractivity contribution < 1.29 is 5.11 Å². The molecule has 0 bridgehead atoms. The van der Waals surface area contributed by atoms with Gasteiger partial charge in [-0.2, -0.15) is 0 Å². The zero-order valence-corrected chi connectivity index (χ0v) is 11.7. The first-order valence-corrected chi connectivity index (χ1v) is 6.51. The number of aromatic amines is 1. The fourth-order valence-corrected chi connectivity index (χ4v) is 2.33. The number of aromatic hydroxyl groups is 1. The Morgan fingerprint density at radius 2 is 1.74 bits per heavy atom. The summed E-state index contributed by atoms with van der Waals surface area (Å²) in [6.07, 6.45) is 0. The van der Waals surface area contributed by atoms with Crippen LogP contribution in [0.4, 0.5) is 0 Å². The lowest BCUT2D eigenvalue weighted by Gasteiger charge is -2.00. The van der Waals surface area contributed by atoms with Gasteiger partial charge in [0.05, 0.1) is 26.6 Å². The molecule has 0 amide bonds. The van der Waals surface area contributed by atoms with Crippen LogP contribution in [0.25, 0.3) is 22.4 Å². The molecule has 0 spiro atoms. The van der Waals surface area contributed by atoms with Crippen molar-refractivity contribution in [1.82, 2.24) is 9.97 Å². The number of benzene rings is 2. The molecule has 0 unspecified atom stereocenters. The van der Waals surface area contributed by atoms with Gasteiger partial charge in [-0.25, -0.2) is 4.98 Å². The third-order valence-electron chi connectivity index (χ3n) is 2.74. The SMILES string of the molecule is Oc1cc(Cl)ccc1-c1nc2cc(Cl)c(Cl)cc2[nH]1. The van der Waals surface area contributed by atoms with Gasteiger partial charge < -0.3 is 10.1 Å². The van der Waals surface area contributed by atoms with Crippen LogP contribution in [-0.2, 0) is 0 Å². The molecule has 6 heteroatoms. The molecule has 3 aromatic rings. The van der Waals surface area contributed by atoms with E-state index in [1.807, 2.05) is 0 Å². The van der Waals surface area contributed by atoms with E-state index in [0.29, 0.717) is 32.0 Å². The van der Waals surface area contributed by atoms with Crippen LogP contribution < -0.4 is 0 Å².